The first-order valence-electron chi connectivity index (χ1n) is 4.84. The number of rotatable bonds is 1. The highest BCUT2D eigenvalue weighted by Crippen LogP contribution is 2.23. The van der Waals surface area contributed by atoms with Crippen molar-refractivity contribution < 1.29 is 0 Å². The van der Waals surface area contributed by atoms with Gasteiger partial charge in [-0.3, -0.25) is 4.40 Å². The van der Waals surface area contributed by atoms with Crippen LogP contribution in [0.2, 0.25) is 0 Å². The molecule has 3 nitrogen and oxygen atoms in total. The Morgan fingerprint density at radius 3 is 2.64 bits per heavy atom. The molecular formula is C11H15N3. The Kier molecular flexibility index (Phi) is 1.95. The van der Waals surface area contributed by atoms with Crippen LogP contribution >= 0.6 is 0 Å². The summed E-state index contributed by atoms with van der Waals surface area (Å²) in [6.45, 7) is 6.25. The summed E-state index contributed by atoms with van der Waals surface area (Å²) < 4.78 is 2.00. The first-order chi connectivity index (χ1) is 6.61. The topological polar surface area (TPSA) is 43.3 Å². The highest BCUT2D eigenvalue weighted by Gasteiger charge is 2.12. The number of aryl methyl sites for hydroxylation is 1. The molecule has 3 heteroatoms. The maximum atomic E-state index is 6.04. The maximum absolute atomic E-state index is 6.04. The van der Waals surface area contributed by atoms with Crippen LogP contribution in [0.25, 0.3) is 5.65 Å². The average molecular weight is 189 g/mol. The predicted molar refractivity (Wildman–Crippen MR) is 58.4 cm³/mol. The quantitative estimate of drug-likeness (QED) is 0.748. The molecule has 0 amide bonds. The van der Waals surface area contributed by atoms with Crippen molar-refractivity contribution in [2.75, 3.05) is 5.73 Å². The number of aromatic nitrogens is 2. The summed E-state index contributed by atoms with van der Waals surface area (Å²) >= 11 is 0. The Morgan fingerprint density at radius 1 is 1.36 bits per heavy atom. The molecule has 2 aromatic rings. The molecule has 0 radical (unpaired) electrons. The van der Waals surface area contributed by atoms with Gasteiger partial charge in [-0.15, -0.1) is 0 Å². The van der Waals surface area contributed by atoms with E-state index < -0.39 is 0 Å². The van der Waals surface area contributed by atoms with Crippen LogP contribution in [0.1, 0.15) is 31.2 Å². The third-order valence-electron chi connectivity index (χ3n) is 2.45. The van der Waals surface area contributed by atoms with Gasteiger partial charge >= 0.3 is 0 Å². The van der Waals surface area contributed by atoms with Gasteiger partial charge in [0.15, 0.2) is 0 Å². The number of imidazole rings is 1. The van der Waals surface area contributed by atoms with E-state index in [1.54, 1.807) is 0 Å². The van der Waals surface area contributed by atoms with E-state index in [0.29, 0.717) is 5.92 Å². The van der Waals surface area contributed by atoms with Crippen molar-refractivity contribution in [3.05, 3.63) is 29.6 Å². The summed E-state index contributed by atoms with van der Waals surface area (Å²) in [7, 11) is 0. The highest BCUT2D eigenvalue weighted by atomic mass is 15.1. The zero-order valence-electron chi connectivity index (χ0n) is 8.78. The number of pyridine rings is 1. The summed E-state index contributed by atoms with van der Waals surface area (Å²) in [6.07, 6.45) is 0. The molecule has 0 saturated carbocycles. The summed E-state index contributed by atoms with van der Waals surface area (Å²) in [6, 6.07) is 6.02. The number of hydrogen-bond donors (Lipinski definition) is 1. The van der Waals surface area contributed by atoms with Crippen LogP contribution in [0, 0.1) is 6.92 Å². The fourth-order valence-electron chi connectivity index (χ4n) is 1.72. The molecule has 0 fully saturated rings. The second-order valence-electron chi connectivity index (χ2n) is 3.90. The minimum Gasteiger partial charge on any atom is -0.383 e. The van der Waals surface area contributed by atoms with Gasteiger partial charge in [0.25, 0.3) is 0 Å². The van der Waals surface area contributed by atoms with Crippen molar-refractivity contribution in [3.8, 4) is 0 Å². The third-order valence-corrected chi connectivity index (χ3v) is 2.45. The van der Waals surface area contributed by atoms with Crippen LogP contribution in [0.3, 0.4) is 0 Å². The second kappa shape index (κ2) is 3.01. The summed E-state index contributed by atoms with van der Waals surface area (Å²) in [5.41, 5.74) is 9.09. The van der Waals surface area contributed by atoms with Gasteiger partial charge in [0.05, 0.1) is 5.69 Å². The molecule has 0 aromatic carbocycles. The number of nitrogen functional groups attached to an aromatic ring is 1. The largest absolute Gasteiger partial charge is 0.383 e. The molecule has 0 aliphatic rings. The van der Waals surface area contributed by atoms with Gasteiger partial charge in [0.2, 0.25) is 0 Å². The van der Waals surface area contributed by atoms with E-state index in [-0.39, 0.29) is 0 Å². The molecule has 2 rings (SSSR count). The number of anilines is 1. The lowest BCUT2D eigenvalue weighted by Crippen LogP contribution is -1.99. The van der Waals surface area contributed by atoms with Gasteiger partial charge in [-0.05, 0) is 25.0 Å². The molecule has 14 heavy (non-hydrogen) atoms. The lowest BCUT2D eigenvalue weighted by molar-refractivity contribution is 0.838. The van der Waals surface area contributed by atoms with Crippen molar-refractivity contribution in [1.29, 1.82) is 0 Å². The molecule has 2 N–H and O–H groups in total. The number of nitrogens with zero attached hydrogens (tertiary/aromatic N) is 2. The van der Waals surface area contributed by atoms with Crippen LogP contribution in [0.4, 0.5) is 5.82 Å². The fraction of sp³-hybridized carbons (Fsp3) is 0.364. The lowest BCUT2D eigenvalue weighted by atomic mass is 10.1. The smallest absolute Gasteiger partial charge is 0.138 e. The van der Waals surface area contributed by atoms with Gasteiger partial charge in [0, 0.05) is 5.69 Å². The maximum Gasteiger partial charge on any atom is 0.138 e. The van der Waals surface area contributed by atoms with E-state index in [2.05, 4.69) is 18.8 Å². The van der Waals surface area contributed by atoms with E-state index in [1.807, 2.05) is 29.5 Å². The second-order valence-corrected chi connectivity index (χ2v) is 3.90. The fourth-order valence-corrected chi connectivity index (χ4v) is 1.72. The molecule has 0 aliphatic heterocycles. The molecule has 2 aromatic heterocycles. The van der Waals surface area contributed by atoms with Gasteiger partial charge in [-0.1, -0.05) is 19.9 Å². The Hall–Kier alpha value is -1.51. The van der Waals surface area contributed by atoms with Crippen molar-refractivity contribution >= 4 is 11.5 Å². The summed E-state index contributed by atoms with van der Waals surface area (Å²) in [4.78, 5) is 4.51. The first kappa shape index (κ1) is 9.06. The van der Waals surface area contributed by atoms with E-state index in [9.17, 15) is 0 Å². The Bertz CT molecular complexity index is 469. The van der Waals surface area contributed by atoms with Gasteiger partial charge in [-0.25, -0.2) is 4.98 Å². The van der Waals surface area contributed by atoms with E-state index in [1.165, 1.54) is 0 Å². The monoisotopic (exact) mass is 189 g/mol. The number of nitrogens with two attached hydrogens (primary N) is 1. The Balaban J connectivity index is 2.81. The van der Waals surface area contributed by atoms with E-state index in [0.717, 1.165) is 22.9 Å². The zero-order valence-corrected chi connectivity index (χ0v) is 8.78. The van der Waals surface area contributed by atoms with Crippen LogP contribution < -0.4 is 5.73 Å². The molecule has 0 unspecified atom stereocenters. The molecule has 0 spiro atoms. The van der Waals surface area contributed by atoms with Gasteiger partial charge in [0.1, 0.15) is 11.5 Å². The normalized spacial score (nSPS) is 11.4. The molecule has 0 saturated heterocycles. The molecule has 2 heterocycles. The Labute approximate surface area is 83.6 Å². The van der Waals surface area contributed by atoms with Gasteiger partial charge < -0.3 is 5.73 Å². The molecular weight excluding hydrogens is 174 g/mol. The summed E-state index contributed by atoms with van der Waals surface area (Å²) in [5.74, 6) is 1.14. The van der Waals surface area contributed by atoms with Crippen molar-refractivity contribution in [2.24, 2.45) is 0 Å². The third kappa shape index (κ3) is 1.16. The van der Waals surface area contributed by atoms with E-state index >= 15 is 0 Å². The van der Waals surface area contributed by atoms with Crippen LogP contribution in [0.15, 0.2) is 18.2 Å². The molecule has 0 aliphatic carbocycles. The van der Waals surface area contributed by atoms with Crippen molar-refractivity contribution in [1.82, 2.24) is 9.38 Å². The van der Waals surface area contributed by atoms with Crippen LogP contribution in [-0.4, -0.2) is 9.38 Å². The van der Waals surface area contributed by atoms with Gasteiger partial charge in [-0.2, -0.15) is 0 Å². The van der Waals surface area contributed by atoms with Crippen molar-refractivity contribution in [2.45, 2.75) is 26.7 Å². The average Bonchev–Trinajstić information content (AvgIpc) is 2.45. The van der Waals surface area contributed by atoms with E-state index in [4.69, 9.17) is 5.73 Å². The zero-order chi connectivity index (χ0) is 10.3. The minimum atomic E-state index is 0.370. The SMILES string of the molecule is Cc1cccc2nc(C(C)C)c(N)n12. The molecule has 0 atom stereocenters. The molecule has 74 valence electrons. The lowest BCUT2D eigenvalue weighted by Gasteiger charge is -2.03. The number of fused-ring (bicyclic) bond motifs is 1. The standard InChI is InChI=1S/C11H15N3/c1-7(2)10-11(12)14-8(3)5-4-6-9(14)13-10/h4-7H,12H2,1-3H3. The summed E-state index contributed by atoms with van der Waals surface area (Å²) in [5, 5.41) is 0. The van der Waals surface area contributed by atoms with Crippen LogP contribution in [-0.2, 0) is 0 Å². The highest BCUT2D eigenvalue weighted by molar-refractivity contribution is 5.54. The Morgan fingerprint density at radius 2 is 2.07 bits per heavy atom. The minimum absolute atomic E-state index is 0.370. The predicted octanol–water partition coefficient (Wildman–Crippen LogP) is 2.35. The number of hydrogen-bond acceptors (Lipinski definition) is 2. The molecule has 0 bridgehead atoms. The van der Waals surface area contributed by atoms with Crippen LogP contribution in [0.5, 0.6) is 0 Å². The van der Waals surface area contributed by atoms with Crippen molar-refractivity contribution in [3.63, 3.8) is 0 Å². The first-order valence-corrected chi connectivity index (χ1v) is 4.84.